The normalized spacial score (nSPS) is 28.9. The molecule has 1 aliphatic carbocycles. The van der Waals surface area contributed by atoms with E-state index in [-0.39, 0.29) is 12.2 Å². The second-order valence-corrected chi connectivity index (χ2v) is 6.76. The van der Waals surface area contributed by atoms with Crippen molar-refractivity contribution in [1.29, 1.82) is 0 Å². The van der Waals surface area contributed by atoms with Crippen LogP contribution in [0.1, 0.15) is 63.6 Å². The first-order valence-corrected chi connectivity index (χ1v) is 8.86. The maximum atomic E-state index is 12.7. The Kier molecular flexibility index (Phi) is 4.41. The molecule has 1 aromatic heterocycles. The van der Waals surface area contributed by atoms with Crippen LogP contribution in [0.2, 0.25) is 0 Å². The van der Waals surface area contributed by atoms with Crippen molar-refractivity contribution in [2.75, 3.05) is 0 Å². The Labute approximate surface area is 125 Å². The van der Waals surface area contributed by atoms with Crippen molar-refractivity contribution >= 4 is 17.2 Å². The summed E-state index contributed by atoms with van der Waals surface area (Å²) in [5.74, 6) is 0.315. The Morgan fingerprint density at radius 3 is 2.65 bits per heavy atom. The van der Waals surface area contributed by atoms with Crippen LogP contribution in [0.15, 0.2) is 16.8 Å². The lowest BCUT2D eigenvalue weighted by molar-refractivity contribution is -0.132. The summed E-state index contributed by atoms with van der Waals surface area (Å²) >= 11 is 1.71. The molecule has 3 rings (SSSR count). The summed E-state index contributed by atoms with van der Waals surface area (Å²) in [7, 11) is 0. The predicted molar refractivity (Wildman–Crippen MR) is 82.6 cm³/mol. The van der Waals surface area contributed by atoms with Crippen molar-refractivity contribution in [1.82, 2.24) is 10.2 Å². The van der Waals surface area contributed by atoms with E-state index in [1.54, 1.807) is 11.3 Å². The quantitative estimate of drug-likeness (QED) is 0.862. The summed E-state index contributed by atoms with van der Waals surface area (Å²) in [5, 5.41) is 7.82. The lowest BCUT2D eigenvalue weighted by Crippen LogP contribution is -2.39. The first-order valence-electron chi connectivity index (χ1n) is 7.91. The number of nitrogens with one attached hydrogen (secondary N) is 1. The van der Waals surface area contributed by atoms with Gasteiger partial charge in [-0.05, 0) is 41.7 Å². The summed E-state index contributed by atoms with van der Waals surface area (Å²) in [6.07, 6.45) is 8.50. The van der Waals surface area contributed by atoms with E-state index < -0.39 is 0 Å². The molecule has 2 atom stereocenters. The molecule has 2 unspecified atom stereocenters. The molecule has 0 bridgehead atoms. The van der Waals surface area contributed by atoms with Crippen LogP contribution >= 0.6 is 11.3 Å². The van der Waals surface area contributed by atoms with Crippen molar-refractivity contribution in [3.63, 3.8) is 0 Å². The van der Waals surface area contributed by atoms with Crippen molar-refractivity contribution in [3.05, 3.63) is 22.4 Å². The van der Waals surface area contributed by atoms with E-state index in [1.165, 1.54) is 44.1 Å². The molecule has 2 heterocycles. The third kappa shape index (κ3) is 2.63. The van der Waals surface area contributed by atoms with Crippen LogP contribution in [-0.4, -0.2) is 22.9 Å². The van der Waals surface area contributed by atoms with Crippen LogP contribution in [0.3, 0.4) is 0 Å². The van der Waals surface area contributed by atoms with E-state index >= 15 is 0 Å². The molecule has 3 nitrogen and oxygen atoms in total. The molecule has 110 valence electrons. The maximum absolute atomic E-state index is 12.7. The van der Waals surface area contributed by atoms with Crippen LogP contribution in [-0.2, 0) is 4.79 Å². The minimum absolute atomic E-state index is 0.00292. The third-order valence-electron chi connectivity index (χ3n) is 4.68. The van der Waals surface area contributed by atoms with Gasteiger partial charge in [0.2, 0.25) is 5.91 Å². The van der Waals surface area contributed by atoms with E-state index in [0.29, 0.717) is 11.9 Å². The van der Waals surface area contributed by atoms with E-state index in [0.717, 1.165) is 6.42 Å². The molecule has 1 amide bonds. The van der Waals surface area contributed by atoms with Crippen molar-refractivity contribution in [3.8, 4) is 0 Å². The zero-order valence-electron chi connectivity index (χ0n) is 12.2. The fourth-order valence-electron chi connectivity index (χ4n) is 3.56. The van der Waals surface area contributed by atoms with Crippen molar-refractivity contribution in [2.24, 2.45) is 0 Å². The first kappa shape index (κ1) is 14.1. The van der Waals surface area contributed by atoms with Gasteiger partial charge in [0.05, 0.1) is 6.04 Å². The van der Waals surface area contributed by atoms with Gasteiger partial charge >= 0.3 is 0 Å². The van der Waals surface area contributed by atoms with E-state index in [1.807, 2.05) is 0 Å². The maximum Gasteiger partial charge on any atom is 0.241 e. The van der Waals surface area contributed by atoms with Gasteiger partial charge in [0, 0.05) is 6.04 Å². The monoisotopic (exact) mass is 292 g/mol. The summed E-state index contributed by atoms with van der Waals surface area (Å²) in [6, 6.07) is 2.58. The average Bonchev–Trinajstić information content (AvgIpc) is 3.00. The molecule has 0 spiro atoms. The number of hydrogen-bond acceptors (Lipinski definition) is 3. The second-order valence-electron chi connectivity index (χ2n) is 5.98. The first-order chi connectivity index (χ1) is 9.81. The zero-order valence-corrected chi connectivity index (χ0v) is 13.0. The van der Waals surface area contributed by atoms with Gasteiger partial charge in [-0.25, -0.2) is 0 Å². The number of thiophene rings is 1. The van der Waals surface area contributed by atoms with Gasteiger partial charge in [0.25, 0.3) is 0 Å². The van der Waals surface area contributed by atoms with Crippen LogP contribution in [0, 0.1) is 0 Å². The van der Waals surface area contributed by atoms with Crippen LogP contribution in [0.4, 0.5) is 0 Å². The number of hydrogen-bond donors (Lipinski definition) is 1. The molecule has 2 fully saturated rings. The molecule has 0 radical (unpaired) electrons. The fourth-order valence-corrected chi connectivity index (χ4v) is 4.23. The summed E-state index contributed by atoms with van der Waals surface area (Å²) in [4.78, 5) is 14.9. The molecule has 2 aliphatic rings. The van der Waals surface area contributed by atoms with Crippen molar-refractivity contribution < 1.29 is 4.79 Å². The van der Waals surface area contributed by atoms with Gasteiger partial charge in [-0.1, -0.05) is 32.6 Å². The van der Waals surface area contributed by atoms with Gasteiger partial charge in [0.15, 0.2) is 0 Å². The SMILES string of the molecule is CCC1NC(c2ccsc2)N(C2CCCCCC2)C1=O. The van der Waals surface area contributed by atoms with Crippen molar-refractivity contribution in [2.45, 2.75) is 70.1 Å². The summed E-state index contributed by atoms with van der Waals surface area (Å²) in [6.45, 7) is 2.09. The molecule has 4 heteroatoms. The van der Waals surface area contributed by atoms with Gasteiger partial charge in [-0.15, -0.1) is 0 Å². The Morgan fingerprint density at radius 2 is 2.05 bits per heavy atom. The molecule has 0 aromatic carbocycles. The van der Waals surface area contributed by atoms with Gasteiger partial charge in [-0.3, -0.25) is 10.1 Å². The fraction of sp³-hybridized carbons (Fsp3) is 0.688. The van der Waals surface area contributed by atoms with E-state index in [2.05, 4.69) is 34.0 Å². The minimum Gasteiger partial charge on any atom is -0.319 e. The number of rotatable bonds is 3. The molecule has 1 aliphatic heterocycles. The summed E-state index contributed by atoms with van der Waals surface area (Å²) in [5.41, 5.74) is 1.25. The van der Waals surface area contributed by atoms with E-state index in [9.17, 15) is 4.79 Å². The molecule has 1 aromatic rings. The largest absolute Gasteiger partial charge is 0.319 e. The van der Waals surface area contributed by atoms with Gasteiger partial charge in [-0.2, -0.15) is 11.3 Å². The van der Waals surface area contributed by atoms with Crippen LogP contribution in [0.25, 0.3) is 0 Å². The Balaban J connectivity index is 1.85. The highest BCUT2D eigenvalue weighted by Crippen LogP contribution is 2.34. The lowest BCUT2D eigenvalue weighted by atomic mass is 10.1. The molecule has 20 heavy (non-hydrogen) atoms. The highest BCUT2D eigenvalue weighted by atomic mass is 32.1. The molecular weight excluding hydrogens is 268 g/mol. The van der Waals surface area contributed by atoms with Gasteiger partial charge in [0.1, 0.15) is 6.17 Å². The second kappa shape index (κ2) is 6.27. The lowest BCUT2D eigenvalue weighted by Gasteiger charge is -2.32. The standard InChI is InChI=1S/C16H24N2OS/c1-2-14-16(19)18(13-7-5-3-4-6-8-13)15(17-14)12-9-10-20-11-12/h9-11,13-15,17H,2-8H2,1H3. The Bertz CT molecular complexity index is 437. The topological polar surface area (TPSA) is 32.3 Å². The summed E-state index contributed by atoms with van der Waals surface area (Å²) < 4.78 is 0. The van der Waals surface area contributed by atoms with Crippen LogP contribution in [0.5, 0.6) is 0 Å². The highest BCUT2D eigenvalue weighted by molar-refractivity contribution is 7.07. The minimum atomic E-state index is 0.00292. The molecule has 1 N–H and O–H groups in total. The van der Waals surface area contributed by atoms with Gasteiger partial charge < -0.3 is 4.90 Å². The number of carbonyl (C=O) groups excluding carboxylic acids is 1. The highest BCUT2D eigenvalue weighted by Gasteiger charge is 2.42. The zero-order chi connectivity index (χ0) is 13.9. The Morgan fingerprint density at radius 1 is 1.30 bits per heavy atom. The van der Waals surface area contributed by atoms with E-state index in [4.69, 9.17) is 0 Å². The number of nitrogens with zero attached hydrogens (tertiary/aromatic N) is 1. The Hall–Kier alpha value is -0.870. The molecule has 1 saturated carbocycles. The number of carbonyl (C=O) groups is 1. The predicted octanol–water partition coefficient (Wildman–Crippen LogP) is 3.68. The molecular formula is C16H24N2OS. The van der Waals surface area contributed by atoms with Crippen LogP contribution < -0.4 is 5.32 Å². The third-order valence-corrected chi connectivity index (χ3v) is 5.38. The average molecular weight is 292 g/mol. The number of amides is 1. The molecule has 1 saturated heterocycles. The smallest absolute Gasteiger partial charge is 0.241 e.